The van der Waals surface area contributed by atoms with Crippen molar-refractivity contribution in [1.29, 1.82) is 5.41 Å². The van der Waals surface area contributed by atoms with Gasteiger partial charge in [-0.05, 0) is 43.6 Å². The number of halogens is 1. The minimum atomic E-state index is -0.249. The van der Waals surface area contributed by atoms with E-state index in [9.17, 15) is 4.39 Å². The van der Waals surface area contributed by atoms with E-state index < -0.39 is 0 Å². The second kappa shape index (κ2) is 4.35. The summed E-state index contributed by atoms with van der Waals surface area (Å²) >= 11 is 0. The van der Waals surface area contributed by atoms with Crippen molar-refractivity contribution in [3.63, 3.8) is 0 Å². The molecule has 1 atom stereocenters. The van der Waals surface area contributed by atoms with E-state index in [1.807, 2.05) is 0 Å². The van der Waals surface area contributed by atoms with Crippen LogP contribution in [0.1, 0.15) is 17.5 Å². The fourth-order valence-corrected chi connectivity index (χ4v) is 3.00. The van der Waals surface area contributed by atoms with Crippen LogP contribution in [0.15, 0.2) is 18.2 Å². The molecular formula is C14H18FN3. The summed E-state index contributed by atoms with van der Waals surface area (Å²) in [4.78, 5) is 4.41. The molecule has 0 radical (unpaired) electrons. The SMILES string of the molecule is CN1CCC(CN2Cc3ccc(F)cc3C2=N)C1. The minimum Gasteiger partial charge on any atom is -0.352 e. The molecule has 1 unspecified atom stereocenters. The molecule has 2 heterocycles. The molecule has 1 aromatic rings. The standard InChI is InChI=1S/C14H18FN3/c1-17-5-4-10(7-17)8-18-9-11-2-3-12(15)6-13(11)14(18)16/h2-3,6,10,16H,4-5,7-9H2,1H3. The Labute approximate surface area is 107 Å². The third kappa shape index (κ3) is 2.01. The number of rotatable bonds is 2. The van der Waals surface area contributed by atoms with Crippen LogP contribution in [0.25, 0.3) is 0 Å². The zero-order valence-corrected chi connectivity index (χ0v) is 10.6. The fraction of sp³-hybridized carbons (Fsp3) is 0.500. The average Bonchev–Trinajstić information content (AvgIpc) is 2.86. The summed E-state index contributed by atoms with van der Waals surface area (Å²) in [5.74, 6) is 0.870. The van der Waals surface area contributed by atoms with Crippen molar-refractivity contribution in [2.75, 3.05) is 26.7 Å². The molecule has 0 amide bonds. The molecule has 0 aromatic heterocycles. The molecule has 4 heteroatoms. The molecule has 0 saturated carbocycles. The van der Waals surface area contributed by atoms with Crippen molar-refractivity contribution in [2.24, 2.45) is 5.92 Å². The van der Waals surface area contributed by atoms with Gasteiger partial charge in [-0.15, -0.1) is 0 Å². The van der Waals surface area contributed by atoms with Crippen molar-refractivity contribution in [3.8, 4) is 0 Å². The van der Waals surface area contributed by atoms with Crippen LogP contribution >= 0.6 is 0 Å². The number of nitrogens with zero attached hydrogens (tertiary/aromatic N) is 2. The summed E-state index contributed by atoms with van der Waals surface area (Å²) in [6.07, 6.45) is 1.20. The minimum absolute atomic E-state index is 0.249. The molecule has 0 bridgehead atoms. The molecule has 2 aliphatic heterocycles. The molecule has 0 aliphatic carbocycles. The predicted molar refractivity (Wildman–Crippen MR) is 69.2 cm³/mol. The maximum atomic E-state index is 13.2. The van der Waals surface area contributed by atoms with Gasteiger partial charge in [0.25, 0.3) is 0 Å². The van der Waals surface area contributed by atoms with Crippen molar-refractivity contribution in [2.45, 2.75) is 13.0 Å². The lowest BCUT2D eigenvalue weighted by Gasteiger charge is -2.22. The summed E-state index contributed by atoms with van der Waals surface area (Å²) in [5, 5.41) is 8.14. The Morgan fingerprint density at radius 2 is 2.28 bits per heavy atom. The third-order valence-corrected chi connectivity index (χ3v) is 3.97. The molecule has 0 spiro atoms. The lowest BCUT2D eigenvalue weighted by molar-refractivity contribution is 0.328. The summed E-state index contributed by atoms with van der Waals surface area (Å²) in [7, 11) is 2.14. The molecule has 1 aromatic carbocycles. The molecule has 1 saturated heterocycles. The maximum absolute atomic E-state index is 13.2. The van der Waals surface area contributed by atoms with E-state index in [2.05, 4.69) is 16.8 Å². The highest BCUT2D eigenvalue weighted by Gasteiger charge is 2.28. The number of fused-ring (bicyclic) bond motifs is 1. The van der Waals surface area contributed by atoms with E-state index >= 15 is 0 Å². The predicted octanol–water partition coefficient (Wildman–Crippen LogP) is 1.92. The zero-order chi connectivity index (χ0) is 12.7. The molecule has 1 N–H and O–H groups in total. The molecule has 3 rings (SSSR count). The lowest BCUT2D eigenvalue weighted by atomic mass is 10.1. The second-order valence-corrected chi connectivity index (χ2v) is 5.45. The van der Waals surface area contributed by atoms with Gasteiger partial charge in [-0.2, -0.15) is 0 Å². The Morgan fingerprint density at radius 3 is 3.00 bits per heavy atom. The van der Waals surface area contributed by atoms with Gasteiger partial charge in [0, 0.05) is 25.2 Å². The van der Waals surface area contributed by atoms with E-state index in [0.29, 0.717) is 11.8 Å². The van der Waals surface area contributed by atoms with Crippen LogP contribution in [0.3, 0.4) is 0 Å². The Bertz CT molecular complexity index is 486. The number of nitrogens with one attached hydrogen (secondary N) is 1. The number of hydrogen-bond acceptors (Lipinski definition) is 2. The monoisotopic (exact) mass is 247 g/mol. The van der Waals surface area contributed by atoms with Crippen LogP contribution in [0.2, 0.25) is 0 Å². The van der Waals surface area contributed by atoms with Crippen LogP contribution in [-0.4, -0.2) is 42.3 Å². The molecule has 96 valence electrons. The summed E-state index contributed by atoms with van der Waals surface area (Å²) in [5.41, 5.74) is 1.84. The Hall–Kier alpha value is -1.42. The fourth-order valence-electron chi connectivity index (χ4n) is 3.00. The first-order chi connectivity index (χ1) is 8.63. The van der Waals surface area contributed by atoms with Crippen molar-refractivity contribution >= 4 is 5.84 Å². The molecule has 2 aliphatic rings. The van der Waals surface area contributed by atoms with E-state index in [1.165, 1.54) is 18.6 Å². The Kier molecular flexibility index (Phi) is 2.82. The highest BCUT2D eigenvalue weighted by molar-refractivity contribution is 6.00. The van der Waals surface area contributed by atoms with Crippen LogP contribution in [0.4, 0.5) is 4.39 Å². The van der Waals surface area contributed by atoms with Crippen molar-refractivity contribution in [1.82, 2.24) is 9.80 Å². The van der Waals surface area contributed by atoms with Gasteiger partial charge in [-0.3, -0.25) is 5.41 Å². The molecule has 3 nitrogen and oxygen atoms in total. The second-order valence-electron chi connectivity index (χ2n) is 5.45. The van der Waals surface area contributed by atoms with Crippen LogP contribution < -0.4 is 0 Å². The molecule has 1 fully saturated rings. The first-order valence-corrected chi connectivity index (χ1v) is 6.44. The highest BCUT2D eigenvalue weighted by Crippen LogP contribution is 2.26. The lowest BCUT2D eigenvalue weighted by Crippen LogP contribution is -2.31. The third-order valence-electron chi connectivity index (χ3n) is 3.97. The van der Waals surface area contributed by atoms with Crippen molar-refractivity contribution in [3.05, 3.63) is 35.1 Å². The maximum Gasteiger partial charge on any atom is 0.128 e. The van der Waals surface area contributed by atoms with Crippen LogP contribution in [-0.2, 0) is 6.54 Å². The largest absolute Gasteiger partial charge is 0.352 e. The first kappa shape index (κ1) is 11.7. The Balaban J connectivity index is 1.72. The molecule has 18 heavy (non-hydrogen) atoms. The smallest absolute Gasteiger partial charge is 0.128 e. The summed E-state index contributed by atoms with van der Waals surface area (Å²) in [6.45, 7) is 3.93. The van der Waals surface area contributed by atoms with Gasteiger partial charge in [0.15, 0.2) is 0 Å². The molecular weight excluding hydrogens is 229 g/mol. The van der Waals surface area contributed by atoms with Gasteiger partial charge in [-0.1, -0.05) is 6.07 Å². The number of likely N-dealkylation sites (tertiary alicyclic amines) is 1. The van der Waals surface area contributed by atoms with Gasteiger partial charge >= 0.3 is 0 Å². The summed E-state index contributed by atoms with van der Waals surface area (Å²) in [6, 6.07) is 4.78. The highest BCUT2D eigenvalue weighted by atomic mass is 19.1. The van der Waals surface area contributed by atoms with Gasteiger partial charge < -0.3 is 9.80 Å². The Morgan fingerprint density at radius 1 is 1.44 bits per heavy atom. The topological polar surface area (TPSA) is 30.3 Å². The van der Waals surface area contributed by atoms with Gasteiger partial charge in [0.1, 0.15) is 11.7 Å². The number of benzene rings is 1. The van der Waals surface area contributed by atoms with E-state index in [0.717, 1.165) is 37.3 Å². The zero-order valence-electron chi connectivity index (χ0n) is 10.6. The van der Waals surface area contributed by atoms with E-state index in [-0.39, 0.29) is 5.82 Å². The normalized spacial score (nSPS) is 23.8. The number of amidine groups is 1. The van der Waals surface area contributed by atoms with E-state index in [4.69, 9.17) is 5.41 Å². The van der Waals surface area contributed by atoms with Gasteiger partial charge in [0.05, 0.1) is 0 Å². The quantitative estimate of drug-likeness (QED) is 0.865. The van der Waals surface area contributed by atoms with Crippen LogP contribution in [0.5, 0.6) is 0 Å². The van der Waals surface area contributed by atoms with E-state index in [1.54, 1.807) is 6.07 Å². The summed E-state index contributed by atoms with van der Waals surface area (Å²) < 4.78 is 13.2. The average molecular weight is 247 g/mol. The first-order valence-electron chi connectivity index (χ1n) is 6.44. The van der Waals surface area contributed by atoms with Crippen LogP contribution in [0, 0.1) is 17.1 Å². The number of hydrogen-bond donors (Lipinski definition) is 1. The van der Waals surface area contributed by atoms with Gasteiger partial charge in [-0.25, -0.2) is 4.39 Å². The van der Waals surface area contributed by atoms with Crippen molar-refractivity contribution < 1.29 is 4.39 Å². The van der Waals surface area contributed by atoms with Gasteiger partial charge in [0.2, 0.25) is 0 Å².